The van der Waals surface area contributed by atoms with Gasteiger partial charge < -0.3 is 20.4 Å². The Morgan fingerprint density at radius 3 is 2.31 bits per heavy atom. The molecule has 0 bridgehead atoms. The topological polar surface area (TPSA) is 64.7 Å². The van der Waals surface area contributed by atoms with Crippen LogP contribution in [0.25, 0.3) is 0 Å². The van der Waals surface area contributed by atoms with Gasteiger partial charge in [0.15, 0.2) is 0 Å². The molecule has 2 rings (SSSR count). The van der Waals surface area contributed by atoms with Crippen LogP contribution in [-0.2, 0) is 11.3 Å². The molecule has 0 saturated carbocycles. The van der Waals surface area contributed by atoms with Gasteiger partial charge in [0, 0.05) is 38.4 Å². The minimum absolute atomic E-state index is 0.0354. The lowest BCUT2D eigenvalue weighted by molar-refractivity contribution is -0.115. The summed E-state index contributed by atoms with van der Waals surface area (Å²) in [4.78, 5) is 28.6. The highest BCUT2D eigenvalue weighted by molar-refractivity contribution is 5.91. The van der Waals surface area contributed by atoms with Gasteiger partial charge in [0.05, 0.1) is 12.6 Å². The summed E-state index contributed by atoms with van der Waals surface area (Å²) in [5.74, 6) is -0.0354. The van der Waals surface area contributed by atoms with Gasteiger partial charge in [-0.1, -0.05) is 37.3 Å². The van der Waals surface area contributed by atoms with Crippen LogP contribution in [0.2, 0.25) is 0 Å². The zero-order valence-corrected chi connectivity index (χ0v) is 18.0. The molecule has 3 amide bonds. The van der Waals surface area contributed by atoms with E-state index in [0.29, 0.717) is 19.5 Å². The molecule has 2 aromatic rings. The molecule has 0 heterocycles. The maximum absolute atomic E-state index is 12.9. The summed E-state index contributed by atoms with van der Waals surface area (Å²) in [7, 11) is 3.94. The molecule has 1 atom stereocenters. The van der Waals surface area contributed by atoms with E-state index in [-0.39, 0.29) is 18.0 Å². The van der Waals surface area contributed by atoms with Crippen molar-refractivity contribution in [1.82, 2.24) is 10.2 Å². The molecule has 6 heteroatoms. The molecule has 0 saturated heterocycles. The first-order valence-electron chi connectivity index (χ1n) is 10.1. The fourth-order valence-corrected chi connectivity index (χ4v) is 3.21. The standard InChI is InChI=1S/C23H32N4O2/c1-6-22(28)25-20-13-14-21(26(4)5)19(15-20)16-27(23(29)24-7-2)17(3)18-11-9-8-10-12-18/h8-15,17H,6-7,16H2,1-5H3,(H,24,29)(H,25,28)/t17-/m0/s1. The van der Waals surface area contributed by atoms with E-state index in [0.717, 1.165) is 22.5 Å². The molecule has 0 aliphatic carbocycles. The Morgan fingerprint density at radius 1 is 1.03 bits per heavy atom. The van der Waals surface area contributed by atoms with Crippen LogP contribution in [0.3, 0.4) is 0 Å². The molecule has 29 heavy (non-hydrogen) atoms. The molecule has 156 valence electrons. The normalized spacial score (nSPS) is 11.5. The molecule has 2 aromatic carbocycles. The second kappa shape index (κ2) is 10.5. The van der Waals surface area contributed by atoms with Crippen molar-refractivity contribution in [3.8, 4) is 0 Å². The van der Waals surface area contributed by atoms with Crippen LogP contribution in [-0.4, -0.2) is 37.5 Å². The van der Waals surface area contributed by atoms with Crippen LogP contribution in [0.1, 0.15) is 44.4 Å². The van der Waals surface area contributed by atoms with Gasteiger partial charge in [-0.2, -0.15) is 0 Å². The van der Waals surface area contributed by atoms with Crippen LogP contribution in [0.15, 0.2) is 48.5 Å². The number of anilines is 2. The highest BCUT2D eigenvalue weighted by atomic mass is 16.2. The first-order valence-corrected chi connectivity index (χ1v) is 10.1. The Kier molecular flexibility index (Phi) is 8.07. The van der Waals surface area contributed by atoms with Gasteiger partial charge in [-0.15, -0.1) is 0 Å². The number of carbonyl (C=O) groups excluding carboxylic acids is 2. The van der Waals surface area contributed by atoms with E-state index in [4.69, 9.17) is 0 Å². The first kappa shape index (κ1) is 22.3. The first-order chi connectivity index (χ1) is 13.9. The number of benzene rings is 2. The predicted octanol–water partition coefficient (Wildman–Crippen LogP) is 4.39. The lowest BCUT2D eigenvalue weighted by atomic mass is 10.0. The van der Waals surface area contributed by atoms with E-state index in [2.05, 4.69) is 10.6 Å². The summed E-state index contributed by atoms with van der Waals surface area (Å²) < 4.78 is 0. The number of carbonyl (C=O) groups is 2. The Morgan fingerprint density at radius 2 is 1.72 bits per heavy atom. The Balaban J connectivity index is 2.41. The monoisotopic (exact) mass is 396 g/mol. The fraction of sp³-hybridized carbons (Fsp3) is 0.391. The number of hydrogen-bond donors (Lipinski definition) is 2. The Bertz CT molecular complexity index is 821. The average molecular weight is 397 g/mol. The van der Waals surface area contributed by atoms with Crippen molar-refractivity contribution in [1.29, 1.82) is 0 Å². The van der Waals surface area contributed by atoms with Crippen molar-refractivity contribution in [2.45, 2.75) is 39.8 Å². The zero-order valence-electron chi connectivity index (χ0n) is 18.0. The molecule has 0 fully saturated rings. The minimum Gasteiger partial charge on any atom is -0.377 e. The third-order valence-electron chi connectivity index (χ3n) is 4.85. The molecule has 0 unspecified atom stereocenters. The highest BCUT2D eigenvalue weighted by Crippen LogP contribution is 2.28. The summed E-state index contributed by atoms with van der Waals surface area (Å²) in [6.07, 6.45) is 0.417. The van der Waals surface area contributed by atoms with Crippen molar-refractivity contribution in [2.75, 3.05) is 30.9 Å². The van der Waals surface area contributed by atoms with Gasteiger partial charge in [-0.25, -0.2) is 4.79 Å². The van der Waals surface area contributed by atoms with Crippen LogP contribution >= 0.6 is 0 Å². The predicted molar refractivity (Wildman–Crippen MR) is 119 cm³/mol. The van der Waals surface area contributed by atoms with Crippen LogP contribution in [0, 0.1) is 0 Å². The third kappa shape index (κ3) is 5.98. The van der Waals surface area contributed by atoms with Gasteiger partial charge in [-0.3, -0.25) is 4.79 Å². The van der Waals surface area contributed by atoms with Crippen molar-refractivity contribution in [3.63, 3.8) is 0 Å². The number of hydrogen-bond acceptors (Lipinski definition) is 3. The summed E-state index contributed by atoms with van der Waals surface area (Å²) in [5, 5.41) is 5.83. The molecule has 0 radical (unpaired) electrons. The van der Waals surface area contributed by atoms with E-state index in [1.54, 1.807) is 0 Å². The number of urea groups is 1. The van der Waals surface area contributed by atoms with Crippen LogP contribution in [0.5, 0.6) is 0 Å². The molecular weight excluding hydrogens is 364 g/mol. The van der Waals surface area contributed by atoms with Gasteiger partial charge in [0.1, 0.15) is 0 Å². The summed E-state index contributed by atoms with van der Waals surface area (Å²) in [5.41, 5.74) is 3.79. The quantitative estimate of drug-likeness (QED) is 0.695. The lowest BCUT2D eigenvalue weighted by Gasteiger charge is -2.31. The third-order valence-corrected chi connectivity index (χ3v) is 4.85. The Labute approximate surface area is 173 Å². The molecule has 0 spiro atoms. The molecule has 2 N–H and O–H groups in total. The number of nitrogens with one attached hydrogen (secondary N) is 2. The van der Waals surface area contributed by atoms with Gasteiger partial charge in [0.2, 0.25) is 5.91 Å². The van der Waals surface area contributed by atoms with Crippen molar-refractivity contribution in [3.05, 3.63) is 59.7 Å². The van der Waals surface area contributed by atoms with E-state index in [9.17, 15) is 9.59 Å². The SMILES string of the molecule is CCNC(=O)N(Cc1cc(NC(=O)CC)ccc1N(C)C)[C@@H](C)c1ccccc1. The van der Waals surface area contributed by atoms with Gasteiger partial charge in [-0.05, 0) is 43.2 Å². The van der Waals surface area contributed by atoms with Crippen LogP contribution in [0.4, 0.5) is 16.2 Å². The molecule has 0 aliphatic rings. The van der Waals surface area contributed by atoms with E-state index >= 15 is 0 Å². The smallest absolute Gasteiger partial charge is 0.318 e. The average Bonchev–Trinajstić information content (AvgIpc) is 2.72. The summed E-state index contributed by atoms with van der Waals surface area (Å²) >= 11 is 0. The van der Waals surface area contributed by atoms with Crippen molar-refractivity contribution < 1.29 is 9.59 Å². The maximum atomic E-state index is 12.9. The second-order valence-electron chi connectivity index (χ2n) is 7.19. The van der Waals surface area contributed by atoms with Crippen molar-refractivity contribution in [2.24, 2.45) is 0 Å². The lowest BCUT2D eigenvalue weighted by Crippen LogP contribution is -2.41. The van der Waals surface area contributed by atoms with Gasteiger partial charge >= 0.3 is 6.03 Å². The summed E-state index contributed by atoms with van der Waals surface area (Å²) in [6.45, 7) is 6.75. The second-order valence-corrected chi connectivity index (χ2v) is 7.19. The van der Waals surface area contributed by atoms with Gasteiger partial charge in [0.25, 0.3) is 0 Å². The fourth-order valence-electron chi connectivity index (χ4n) is 3.21. The molecule has 6 nitrogen and oxygen atoms in total. The number of rotatable bonds is 8. The van der Waals surface area contributed by atoms with E-state index in [1.807, 2.05) is 93.2 Å². The highest BCUT2D eigenvalue weighted by Gasteiger charge is 2.23. The number of nitrogens with zero attached hydrogens (tertiary/aromatic N) is 2. The summed E-state index contributed by atoms with van der Waals surface area (Å²) in [6, 6.07) is 15.6. The van der Waals surface area contributed by atoms with Crippen molar-refractivity contribution >= 4 is 23.3 Å². The molecular formula is C23H32N4O2. The minimum atomic E-state index is -0.114. The zero-order chi connectivity index (χ0) is 21.4. The Hall–Kier alpha value is -3.02. The largest absolute Gasteiger partial charge is 0.377 e. The molecule has 0 aliphatic heterocycles. The molecule has 0 aromatic heterocycles. The maximum Gasteiger partial charge on any atom is 0.318 e. The van der Waals surface area contributed by atoms with Crippen LogP contribution < -0.4 is 15.5 Å². The van der Waals surface area contributed by atoms with E-state index < -0.39 is 0 Å². The van der Waals surface area contributed by atoms with E-state index in [1.165, 1.54) is 0 Å². The number of amides is 3.